The molecule has 0 radical (unpaired) electrons. The van der Waals surface area contributed by atoms with Gasteiger partial charge in [-0.25, -0.2) is 0 Å². The Kier molecular flexibility index (Phi) is 5.52. The lowest BCUT2D eigenvalue weighted by Crippen LogP contribution is -2.20. The number of benzene rings is 3. The van der Waals surface area contributed by atoms with E-state index in [0.717, 1.165) is 29.1 Å². The van der Waals surface area contributed by atoms with Crippen LogP contribution < -0.4 is 5.32 Å². The van der Waals surface area contributed by atoms with Crippen molar-refractivity contribution in [2.24, 2.45) is 0 Å². The number of ether oxygens (including phenoxy) is 1. The molecule has 0 bridgehead atoms. The standard InChI is InChI=1S/C25H22N2O2/c1-2-27-18-22(27)24(25(28)26-21-16-10-5-11-17-21)29-23(19-12-6-3-7-13-19)20-14-8-4-9-15-20/h3-18,23H,2H2,1H3/p+1/b24-22-. The van der Waals surface area contributed by atoms with Crippen molar-refractivity contribution in [2.45, 2.75) is 13.0 Å². The van der Waals surface area contributed by atoms with Crippen molar-refractivity contribution in [3.63, 3.8) is 0 Å². The van der Waals surface area contributed by atoms with Crippen molar-refractivity contribution in [1.82, 2.24) is 0 Å². The van der Waals surface area contributed by atoms with E-state index in [1.54, 1.807) is 0 Å². The molecular weight excluding hydrogens is 360 g/mol. The first-order valence-corrected chi connectivity index (χ1v) is 9.75. The fourth-order valence-corrected chi connectivity index (χ4v) is 3.21. The van der Waals surface area contributed by atoms with Gasteiger partial charge in [0.2, 0.25) is 6.21 Å². The van der Waals surface area contributed by atoms with Crippen molar-refractivity contribution >= 4 is 17.8 Å². The molecule has 3 aromatic carbocycles. The first kappa shape index (κ1) is 18.7. The minimum Gasteiger partial charge on any atom is -0.470 e. The smallest absolute Gasteiger partial charge is 0.317 e. The van der Waals surface area contributed by atoms with Crippen LogP contribution in [0, 0.1) is 0 Å². The van der Waals surface area contributed by atoms with E-state index in [-0.39, 0.29) is 12.0 Å². The fraction of sp³-hybridized carbons (Fsp3) is 0.120. The fourth-order valence-electron chi connectivity index (χ4n) is 3.21. The largest absolute Gasteiger partial charge is 0.470 e. The summed E-state index contributed by atoms with van der Waals surface area (Å²) in [6, 6.07) is 29.4. The van der Waals surface area contributed by atoms with E-state index in [1.807, 2.05) is 109 Å². The van der Waals surface area contributed by atoms with Crippen LogP contribution in [0.1, 0.15) is 24.2 Å². The number of para-hydroxylation sites is 1. The molecule has 4 rings (SSSR count). The van der Waals surface area contributed by atoms with Crippen molar-refractivity contribution in [2.75, 3.05) is 11.9 Å². The van der Waals surface area contributed by atoms with Crippen molar-refractivity contribution < 1.29 is 14.1 Å². The van der Waals surface area contributed by atoms with E-state index in [4.69, 9.17) is 4.74 Å². The maximum absolute atomic E-state index is 13.1. The Bertz CT molecular complexity index is 1000. The van der Waals surface area contributed by atoms with E-state index in [0.29, 0.717) is 5.76 Å². The molecule has 0 fully saturated rings. The molecule has 0 saturated heterocycles. The molecule has 4 heteroatoms. The number of rotatable bonds is 7. The topological polar surface area (TPSA) is 41.3 Å². The maximum atomic E-state index is 13.1. The summed E-state index contributed by atoms with van der Waals surface area (Å²) in [6.45, 7) is 2.84. The van der Waals surface area contributed by atoms with Gasteiger partial charge in [0.15, 0.2) is 0 Å². The second-order valence-corrected chi connectivity index (χ2v) is 6.77. The average molecular weight is 383 g/mol. The van der Waals surface area contributed by atoms with Crippen LogP contribution in [0.25, 0.3) is 0 Å². The number of allylic oxidation sites excluding steroid dienone is 1. The number of carbonyl (C=O) groups excluding carboxylic acids is 1. The molecule has 1 aliphatic rings. The number of nitrogens with zero attached hydrogens (tertiary/aromatic N) is 1. The zero-order valence-corrected chi connectivity index (χ0v) is 16.3. The molecule has 1 amide bonds. The van der Waals surface area contributed by atoms with Crippen LogP contribution in [0.3, 0.4) is 0 Å². The summed E-state index contributed by atoms with van der Waals surface area (Å²) in [5.41, 5.74) is 3.54. The number of anilines is 1. The van der Waals surface area contributed by atoms with Crippen molar-refractivity contribution in [1.29, 1.82) is 0 Å². The number of hydrogen-bond donors (Lipinski definition) is 1. The van der Waals surface area contributed by atoms with Crippen LogP contribution in [0.15, 0.2) is 102 Å². The maximum Gasteiger partial charge on any atom is 0.317 e. The van der Waals surface area contributed by atoms with E-state index in [1.165, 1.54) is 0 Å². The second kappa shape index (κ2) is 8.57. The summed E-state index contributed by atoms with van der Waals surface area (Å²) >= 11 is 0. The molecule has 1 aliphatic heterocycles. The minimum atomic E-state index is -0.380. The Morgan fingerprint density at radius 2 is 1.38 bits per heavy atom. The average Bonchev–Trinajstić information content (AvgIpc) is 3.56. The molecule has 29 heavy (non-hydrogen) atoms. The zero-order valence-electron chi connectivity index (χ0n) is 16.3. The molecule has 0 saturated carbocycles. The first-order chi connectivity index (χ1) is 14.3. The highest BCUT2D eigenvalue weighted by atomic mass is 16.5. The molecule has 1 heterocycles. The molecule has 144 valence electrons. The molecule has 1 N–H and O–H groups in total. The SMILES string of the molecule is CC[N+]1=CC/1=C(/OC(c1ccccc1)c1ccccc1)C(=O)Nc1ccccc1. The first-order valence-electron chi connectivity index (χ1n) is 9.75. The molecule has 0 spiro atoms. The van der Waals surface area contributed by atoms with Gasteiger partial charge in [-0.15, -0.1) is 0 Å². The molecular formula is C25H23N2O2+. The quantitative estimate of drug-likeness (QED) is 0.363. The van der Waals surface area contributed by atoms with Crippen molar-refractivity contribution in [3.05, 3.63) is 114 Å². The molecule has 0 aliphatic carbocycles. The third kappa shape index (κ3) is 4.43. The van der Waals surface area contributed by atoms with Crippen LogP contribution in [-0.4, -0.2) is 23.2 Å². The third-order valence-corrected chi connectivity index (χ3v) is 4.77. The lowest BCUT2D eigenvalue weighted by Gasteiger charge is -2.20. The molecule has 3 aromatic rings. The van der Waals surface area contributed by atoms with Crippen LogP contribution in [0.4, 0.5) is 5.69 Å². The van der Waals surface area contributed by atoms with Gasteiger partial charge in [-0.3, -0.25) is 4.79 Å². The summed E-state index contributed by atoms with van der Waals surface area (Å²) in [5.74, 6) is 0.0728. The number of nitrogens with one attached hydrogen (secondary N) is 1. The van der Waals surface area contributed by atoms with Gasteiger partial charge in [0.1, 0.15) is 12.6 Å². The van der Waals surface area contributed by atoms with Crippen LogP contribution in [0.5, 0.6) is 0 Å². The monoisotopic (exact) mass is 383 g/mol. The van der Waals surface area contributed by atoms with E-state index in [2.05, 4.69) is 5.32 Å². The van der Waals surface area contributed by atoms with Crippen molar-refractivity contribution in [3.8, 4) is 0 Å². The zero-order chi connectivity index (χ0) is 20.1. The van der Waals surface area contributed by atoms with E-state index in [9.17, 15) is 4.79 Å². The van der Waals surface area contributed by atoms with Gasteiger partial charge in [0, 0.05) is 5.69 Å². The predicted molar refractivity (Wildman–Crippen MR) is 115 cm³/mol. The molecule has 0 unspecified atom stereocenters. The predicted octanol–water partition coefficient (Wildman–Crippen LogP) is 4.76. The molecule has 0 atom stereocenters. The van der Waals surface area contributed by atoms with Gasteiger partial charge in [0.05, 0.1) is 0 Å². The Morgan fingerprint density at radius 1 is 0.862 bits per heavy atom. The van der Waals surface area contributed by atoms with Gasteiger partial charge < -0.3 is 10.1 Å². The summed E-state index contributed by atoms with van der Waals surface area (Å²) in [4.78, 5) is 13.1. The van der Waals surface area contributed by atoms with Gasteiger partial charge in [-0.1, -0.05) is 78.9 Å². The highest BCUT2D eigenvalue weighted by Crippen LogP contribution is 2.31. The number of carbonyl (C=O) groups is 1. The lowest BCUT2D eigenvalue weighted by atomic mass is 10.0. The second-order valence-electron chi connectivity index (χ2n) is 6.77. The normalized spacial score (nSPS) is 14.2. The van der Waals surface area contributed by atoms with Gasteiger partial charge in [-0.2, -0.15) is 4.58 Å². The molecule has 4 nitrogen and oxygen atoms in total. The minimum absolute atomic E-state index is 0.254. The van der Waals surface area contributed by atoms with E-state index < -0.39 is 0 Å². The Hall–Kier alpha value is -3.66. The Morgan fingerprint density at radius 3 is 1.86 bits per heavy atom. The Labute approximate surface area is 170 Å². The highest BCUT2D eigenvalue weighted by Gasteiger charge is 2.38. The van der Waals surface area contributed by atoms with Crippen LogP contribution >= 0.6 is 0 Å². The van der Waals surface area contributed by atoms with Crippen LogP contribution in [-0.2, 0) is 9.53 Å². The summed E-state index contributed by atoms with van der Waals surface area (Å²) in [7, 11) is 0. The lowest BCUT2D eigenvalue weighted by molar-refractivity contribution is -0.401. The summed E-state index contributed by atoms with van der Waals surface area (Å²) < 4.78 is 8.41. The molecule has 0 aromatic heterocycles. The summed E-state index contributed by atoms with van der Waals surface area (Å²) in [5, 5.41) is 2.95. The Balaban J connectivity index is 1.67. The summed E-state index contributed by atoms with van der Waals surface area (Å²) in [6.07, 6.45) is 1.56. The van der Waals surface area contributed by atoms with Crippen LogP contribution in [0.2, 0.25) is 0 Å². The van der Waals surface area contributed by atoms with E-state index >= 15 is 0 Å². The van der Waals surface area contributed by atoms with Gasteiger partial charge in [-0.05, 0) is 30.2 Å². The van der Waals surface area contributed by atoms with Gasteiger partial charge >= 0.3 is 5.70 Å². The number of hydrogen-bond acceptors (Lipinski definition) is 2. The van der Waals surface area contributed by atoms with Gasteiger partial charge in [0.25, 0.3) is 11.7 Å². The number of amides is 1. The highest BCUT2D eigenvalue weighted by molar-refractivity contribution is 6.06. The third-order valence-electron chi connectivity index (χ3n) is 4.77.